The monoisotopic (exact) mass is 855 g/mol. The number of benzene rings is 10. The van der Waals surface area contributed by atoms with Gasteiger partial charge in [-0.2, -0.15) is 0 Å². The highest BCUT2D eigenvalue weighted by Crippen LogP contribution is 2.51. The third-order valence-corrected chi connectivity index (χ3v) is 14.6. The molecule has 12 aromatic rings. The standard InChI is InChI=1S/C63H43N4/c1-63(2)52-28-11-8-23-45(52)51-38-40(34-36-53(51)63)60-50-35-33-39-17-6-7-22-44(39)61(50)65-62(64-60)41-18-14-21-43(37-41)67-55-30-13-10-25-49(55)59-47(27-16-32-57(59)67)46-26-15-31-56-58(46)48-24-9-12-29-54(48)66(56)42-19-4-3-5-20-42/h3-38,62H,1-2H3/q-1. The van der Waals surface area contributed by atoms with Crippen molar-refractivity contribution in [3.8, 4) is 33.6 Å². The van der Waals surface area contributed by atoms with Gasteiger partial charge in [-0.05, 0) is 110 Å². The highest BCUT2D eigenvalue weighted by Gasteiger charge is 2.35. The van der Waals surface area contributed by atoms with Crippen molar-refractivity contribution in [2.24, 2.45) is 4.99 Å². The molecule has 316 valence electrons. The maximum absolute atomic E-state index is 5.61. The van der Waals surface area contributed by atoms with Gasteiger partial charge in [0.05, 0.1) is 27.8 Å². The molecule has 0 bridgehead atoms. The van der Waals surface area contributed by atoms with Crippen molar-refractivity contribution in [2.75, 3.05) is 0 Å². The summed E-state index contributed by atoms with van der Waals surface area (Å²) in [5.41, 5.74) is 19.8. The van der Waals surface area contributed by atoms with Gasteiger partial charge in [0.15, 0.2) is 0 Å². The summed E-state index contributed by atoms with van der Waals surface area (Å²) >= 11 is 0. The second-order valence-corrected chi connectivity index (χ2v) is 18.6. The number of hydrogen-bond donors (Lipinski definition) is 0. The van der Waals surface area contributed by atoms with Gasteiger partial charge in [-0.25, -0.2) is 0 Å². The molecule has 14 rings (SSSR count). The molecule has 1 atom stereocenters. The average Bonchev–Trinajstić information content (AvgIpc) is 3.99. The molecule has 0 N–H and O–H groups in total. The van der Waals surface area contributed by atoms with E-state index in [1.807, 2.05) is 0 Å². The number of nitrogens with zero attached hydrogens (tertiary/aromatic N) is 4. The molecule has 4 nitrogen and oxygen atoms in total. The quantitative estimate of drug-likeness (QED) is 0.165. The van der Waals surface area contributed by atoms with E-state index >= 15 is 0 Å². The number of fused-ring (bicyclic) bond motifs is 12. The largest absolute Gasteiger partial charge is 0.659 e. The molecule has 1 aliphatic heterocycles. The first-order valence-corrected chi connectivity index (χ1v) is 23.3. The summed E-state index contributed by atoms with van der Waals surface area (Å²) in [6.07, 6.45) is -0.451. The molecule has 4 heteroatoms. The predicted octanol–water partition coefficient (Wildman–Crippen LogP) is 16.6. The molecule has 2 aromatic heterocycles. The molecular formula is C63H43N4-. The van der Waals surface area contributed by atoms with Crippen LogP contribution in [0.3, 0.4) is 0 Å². The van der Waals surface area contributed by atoms with Gasteiger partial charge in [0.1, 0.15) is 0 Å². The van der Waals surface area contributed by atoms with Crippen LogP contribution < -0.4 is 0 Å². The summed E-state index contributed by atoms with van der Waals surface area (Å²) < 4.78 is 4.83. The third-order valence-electron chi connectivity index (χ3n) is 14.6. The van der Waals surface area contributed by atoms with Gasteiger partial charge in [-0.15, -0.1) is 5.69 Å². The summed E-state index contributed by atoms with van der Waals surface area (Å²) in [5, 5.41) is 12.8. The minimum Gasteiger partial charge on any atom is -0.659 e. The maximum Gasteiger partial charge on any atom is 0.0695 e. The summed E-state index contributed by atoms with van der Waals surface area (Å²) in [7, 11) is 0. The first kappa shape index (κ1) is 37.9. The fourth-order valence-corrected chi connectivity index (χ4v) is 11.6. The second-order valence-electron chi connectivity index (χ2n) is 18.6. The summed E-state index contributed by atoms with van der Waals surface area (Å²) in [5.74, 6) is 0. The Morgan fingerprint density at radius 3 is 1.73 bits per heavy atom. The highest BCUT2D eigenvalue weighted by atomic mass is 15.1. The molecule has 0 saturated heterocycles. The fraction of sp³-hybridized carbons (Fsp3) is 0.0635. The summed E-state index contributed by atoms with van der Waals surface area (Å²) in [6.45, 7) is 4.67. The van der Waals surface area contributed by atoms with Crippen LogP contribution in [0.2, 0.25) is 0 Å². The van der Waals surface area contributed by atoms with Crippen molar-refractivity contribution >= 4 is 65.8 Å². The topological polar surface area (TPSA) is 36.3 Å². The van der Waals surface area contributed by atoms with Gasteiger partial charge >= 0.3 is 0 Å². The van der Waals surface area contributed by atoms with Crippen molar-refractivity contribution in [3.05, 3.63) is 252 Å². The Bertz CT molecular complexity index is 4050. The molecular weight excluding hydrogens is 813 g/mol. The van der Waals surface area contributed by atoms with E-state index in [9.17, 15) is 0 Å². The predicted molar refractivity (Wildman–Crippen MR) is 280 cm³/mol. The minimum absolute atomic E-state index is 0.0745. The normalized spacial score (nSPS) is 14.9. The van der Waals surface area contributed by atoms with E-state index in [0.717, 1.165) is 55.9 Å². The van der Waals surface area contributed by atoms with Crippen LogP contribution in [-0.4, -0.2) is 14.8 Å². The summed E-state index contributed by atoms with van der Waals surface area (Å²) in [6, 6.07) is 79.7. The van der Waals surface area contributed by atoms with Crippen molar-refractivity contribution in [2.45, 2.75) is 25.4 Å². The number of para-hydroxylation sites is 3. The van der Waals surface area contributed by atoms with Crippen LogP contribution in [0.25, 0.3) is 93.3 Å². The lowest BCUT2D eigenvalue weighted by Gasteiger charge is -2.39. The van der Waals surface area contributed by atoms with Gasteiger partial charge < -0.3 is 14.5 Å². The van der Waals surface area contributed by atoms with Crippen LogP contribution in [0.15, 0.2) is 223 Å². The molecule has 1 unspecified atom stereocenters. The Morgan fingerprint density at radius 2 is 0.985 bits per heavy atom. The minimum atomic E-state index is -0.451. The third kappa shape index (κ3) is 5.50. The van der Waals surface area contributed by atoms with Crippen molar-refractivity contribution in [3.63, 3.8) is 0 Å². The van der Waals surface area contributed by atoms with Crippen molar-refractivity contribution < 1.29 is 0 Å². The van der Waals surface area contributed by atoms with Crippen LogP contribution in [0.1, 0.15) is 47.8 Å². The lowest BCUT2D eigenvalue weighted by atomic mass is 9.82. The molecule has 0 radical (unpaired) electrons. The Hall–Kier alpha value is -8.47. The summed E-state index contributed by atoms with van der Waals surface area (Å²) in [4.78, 5) is 5.61. The SMILES string of the molecule is CC1(C)c2ccccc2-c2cc(C3=NC(c4cccc(-n5c6ccccc6c6c(-c7cccc8c7c7ccccc7n8-c7ccccc7)cccc65)c4)[N-]c4c3ccc3ccccc43)ccc21. The van der Waals surface area contributed by atoms with Crippen LogP contribution in [-0.2, 0) is 5.41 Å². The zero-order chi connectivity index (χ0) is 44.4. The Balaban J connectivity index is 0.947. The molecule has 0 fully saturated rings. The molecule has 3 heterocycles. The molecule has 10 aromatic carbocycles. The zero-order valence-corrected chi connectivity index (χ0v) is 37.2. The smallest absolute Gasteiger partial charge is 0.0695 e. The fourth-order valence-electron chi connectivity index (χ4n) is 11.6. The average molecular weight is 856 g/mol. The number of hydrogen-bond acceptors (Lipinski definition) is 1. The van der Waals surface area contributed by atoms with Crippen molar-refractivity contribution in [1.29, 1.82) is 0 Å². The first-order valence-electron chi connectivity index (χ1n) is 23.3. The Labute approximate surface area is 388 Å². The number of aliphatic imine (C=N–C) groups is 1. The van der Waals surface area contributed by atoms with E-state index in [2.05, 4.69) is 241 Å². The van der Waals surface area contributed by atoms with Gasteiger partial charge in [0.2, 0.25) is 0 Å². The molecule has 0 saturated carbocycles. The Morgan fingerprint density at radius 1 is 0.418 bits per heavy atom. The van der Waals surface area contributed by atoms with E-state index in [4.69, 9.17) is 10.3 Å². The number of rotatable bonds is 5. The zero-order valence-electron chi connectivity index (χ0n) is 37.2. The molecule has 2 aliphatic rings. The van der Waals surface area contributed by atoms with E-state index in [0.29, 0.717) is 0 Å². The second kappa shape index (κ2) is 14.3. The lowest BCUT2D eigenvalue weighted by molar-refractivity contribution is 0.660. The van der Waals surface area contributed by atoms with Gasteiger partial charge in [-0.1, -0.05) is 178 Å². The van der Waals surface area contributed by atoms with E-state index in [1.54, 1.807) is 0 Å². The molecule has 0 amide bonds. The van der Waals surface area contributed by atoms with Gasteiger partial charge in [-0.3, -0.25) is 4.99 Å². The lowest BCUT2D eigenvalue weighted by Crippen LogP contribution is -2.16. The van der Waals surface area contributed by atoms with Crippen LogP contribution in [0.4, 0.5) is 5.69 Å². The molecule has 1 aliphatic carbocycles. The maximum atomic E-state index is 5.61. The van der Waals surface area contributed by atoms with Crippen LogP contribution >= 0.6 is 0 Å². The Kier molecular flexibility index (Phi) is 8.06. The van der Waals surface area contributed by atoms with Crippen LogP contribution in [0.5, 0.6) is 0 Å². The van der Waals surface area contributed by atoms with Gasteiger partial charge in [0, 0.05) is 50.1 Å². The molecule has 67 heavy (non-hydrogen) atoms. The van der Waals surface area contributed by atoms with Crippen LogP contribution in [0, 0.1) is 0 Å². The van der Waals surface area contributed by atoms with E-state index < -0.39 is 6.17 Å². The number of aromatic nitrogens is 2. The highest BCUT2D eigenvalue weighted by molar-refractivity contribution is 6.23. The van der Waals surface area contributed by atoms with E-state index in [-0.39, 0.29) is 5.41 Å². The van der Waals surface area contributed by atoms with E-state index in [1.165, 1.54) is 71.3 Å². The van der Waals surface area contributed by atoms with Crippen molar-refractivity contribution in [1.82, 2.24) is 9.13 Å². The van der Waals surface area contributed by atoms with Gasteiger partial charge in [0.25, 0.3) is 0 Å². The molecule has 0 spiro atoms. The first-order chi connectivity index (χ1) is 33.0.